The van der Waals surface area contributed by atoms with Gasteiger partial charge in [0.25, 0.3) is 15.9 Å². The number of carbonyl (C=O) groups excluding carboxylic acids is 1. The fourth-order valence-electron chi connectivity index (χ4n) is 3.53. The lowest BCUT2D eigenvalue weighted by Crippen LogP contribution is -2.32. The Hall–Kier alpha value is -3.10. The number of benzene rings is 3. The number of rotatable bonds is 5. The van der Waals surface area contributed by atoms with Crippen LogP contribution in [0.2, 0.25) is 5.02 Å². The van der Waals surface area contributed by atoms with E-state index in [0.717, 1.165) is 11.6 Å². The van der Waals surface area contributed by atoms with E-state index in [1.54, 1.807) is 25.1 Å². The van der Waals surface area contributed by atoms with E-state index in [1.807, 2.05) is 6.07 Å². The van der Waals surface area contributed by atoms with Gasteiger partial charge in [-0.05, 0) is 42.8 Å². The summed E-state index contributed by atoms with van der Waals surface area (Å²) in [6.45, 7) is 2.10. The van der Waals surface area contributed by atoms with Crippen LogP contribution >= 0.6 is 11.6 Å². The van der Waals surface area contributed by atoms with E-state index in [2.05, 4.69) is 10.0 Å². The second kappa shape index (κ2) is 8.80. The van der Waals surface area contributed by atoms with Gasteiger partial charge in [-0.3, -0.25) is 9.52 Å². The van der Waals surface area contributed by atoms with E-state index in [-0.39, 0.29) is 22.2 Å². The van der Waals surface area contributed by atoms with Gasteiger partial charge in [0.15, 0.2) is 0 Å². The number of amides is 1. The van der Waals surface area contributed by atoms with E-state index in [9.17, 15) is 17.6 Å². The maximum absolute atomic E-state index is 13.9. The molecule has 1 heterocycles. The molecule has 166 valence electrons. The Morgan fingerprint density at radius 3 is 2.69 bits per heavy atom. The van der Waals surface area contributed by atoms with E-state index in [0.29, 0.717) is 29.4 Å². The second-order valence-electron chi connectivity index (χ2n) is 7.38. The highest BCUT2D eigenvalue weighted by molar-refractivity contribution is 7.92. The Balaban J connectivity index is 1.60. The van der Waals surface area contributed by atoms with Crippen LogP contribution in [0, 0.1) is 12.7 Å². The molecule has 0 aromatic heterocycles. The Morgan fingerprint density at radius 1 is 1.12 bits per heavy atom. The molecule has 0 spiro atoms. The van der Waals surface area contributed by atoms with Crippen molar-refractivity contribution in [3.05, 3.63) is 88.2 Å². The van der Waals surface area contributed by atoms with Gasteiger partial charge >= 0.3 is 0 Å². The molecule has 1 unspecified atom stereocenters. The van der Waals surface area contributed by atoms with Gasteiger partial charge in [0.1, 0.15) is 11.6 Å². The minimum Gasteiger partial charge on any atom is -0.492 e. The summed E-state index contributed by atoms with van der Waals surface area (Å²) in [5.41, 5.74) is 1.40. The molecule has 1 amide bonds. The number of sulfonamides is 1. The van der Waals surface area contributed by atoms with Crippen LogP contribution < -0.4 is 14.8 Å². The summed E-state index contributed by atoms with van der Waals surface area (Å²) in [4.78, 5) is 12.9. The molecule has 0 aliphatic carbocycles. The molecule has 9 heteroatoms. The first-order chi connectivity index (χ1) is 15.3. The Labute approximate surface area is 190 Å². The largest absolute Gasteiger partial charge is 0.492 e. The summed E-state index contributed by atoms with van der Waals surface area (Å²) < 4.78 is 47.3. The van der Waals surface area contributed by atoms with Gasteiger partial charge in [0.2, 0.25) is 0 Å². The van der Waals surface area contributed by atoms with Gasteiger partial charge in [-0.1, -0.05) is 41.9 Å². The first-order valence-electron chi connectivity index (χ1n) is 9.86. The topological polar surface area (TPSA) is 84.5 Å². The fourth-order valence-corrected chi connectivity index (χ4v) is 4.86. The van der Waals surface area contributed by atoms with Gasteiger partial charge in [0.05, 0.1) is 28.3 Å². The average molecular weight is 475 g/mol. The normalized spacial score (nSPS) is 15.4. The van der Waals surface area contributed by atoms with Crippen LogP contribution in [-0.4, -0.2) is 20.9 Å². The monoisotopic (exact) mass is 474 g/mol. The summed E-state index contributed by atoms with van der Waals surface area (Å²) in [6, 6.07) is 14.7. The highest BCUT2D eigenvalue weighted by Gasteiger charge is 2.26. The first-order valence-corrected chi connectivity index (χ1v) is 11.7. The van der Waals surface area contributed by atoms with Crippen molar-refractivity contribution in [1.29, 1.82) is 0 Å². The number of carbonyl (C=O) groups is 1. The standard InChI is InChI=1S/C23H20ClFN2O4S/c1-14-9-10-15(32(29,30)27-21-8-3-2-7-19(21)25)13-17(14)23(28)26-20-11-12-31-22-16(20)5-4-6-18(22)24/h2-10,13,20,27H,11-12H2,1H3,(H,26,28). The SMILES string of the molecule is Cc1ccc(S(=O)(=O)Nc2ccccc2F)cc1C(=O)NC1CCOc2c(Cl)cccc21. The molecule has 4 rings (SSSR count). The van der Waals surface area contributed by atoms with Gasteiger partial charge in [-0.25, -0.2) is 12.8 Å². The van der Waals surface area contributed by atoms with Crippen molar-refractivity contribution in [3.63, 3.8) is 0 Å². The second-order valence-corrected chi connectivity index (χ2v) is 9.47. The first kappa shape index (κ1) is 22.1. The predicted molar refractivity (Wildman–Crippen MR) is 120 cm³/mol. The molecule has 0 saturated heterocycles. The molecule has 6 nitrogen and oxygen atoms in total. The van der Waals surface area contributed by atoms with Gasteiger partial charge < -0.3 is 10.1 Å². The van der Waals surface area contributed by atoms with Crippen LogP contribution in [0.25, 0.3) is 0 Å². The smallest absolute Gasteiger partial charge is 0.262 e. The molecule has 2 N–H and O–H groups in total. The number of halogens is 2. The molecule has 1 aliphatic rings. The summed E-state index contributed by atoms with van der Waals surface area (Å²) in [5.74, 6) is -0.589. The van der Waals surface area contributed by atoms with Crippen molar-refractivity contribution in [2.75, 3.05) is 11.3 Å². The molecule has 0 saturated carbocycles. The number of ether oxygens (including phenoxy) is 1. The van der Waals surface area contributed by atoms with Gasteiger partial charge in [-0.2, -0.15) is 0 Å². The van der Waals surface area contributed by atoms with E-state index in [1.165, 1.54) is 30.3 Å². The minimum absolute atomic E-state index is 0.146. The van der Waals surface area contributed by atoms with Gasteiger partial charge in [0, 0.05) is 17.5 Å². The third-order valence-electron chi connectivity index (χ3n) is 5.21. The molecule has 1 aliphatic heterocycles. The van der Waals surface area contributed by atoms with E-state index in [4.69, 9.17) is 16.3 Å². The summed E-state index contributed by atoms with van der Waals surface area (Å²) >= 11 is 6.20. The highest BCUT2D eigenvalue weighted by atomic mass is 35.5. The molecule has 3 aromatic rings. The van der Waals surface area contributed by atoms with Crippen LogP contribution in [-0.2, 0) is 10.0 Å². The van der Waals surface area contributed by atoms with Crippen molar-refractivity contribution in [2.45, 2.75) is 24.3 Å². The Kier molecular flexibility index (Phi) is 6.08. The molecule has 0 bridgehead atoms. The highest BCUT2D eigenvalue weighted by Crippen LogP contribution is 2.37. The van der Waals surface area contributed by atoms with Crippen molar-refractivity contribution in [3.8, 4) is 5.75 Å². The van der Waals surface area contributed by atoms with E-state index < -0.39 is 21.7 Å². The predicted octanol–water partition coefficient (Wildman–Crippen LogP) is 4.84. The van der Waals surface area contributed by atoms with Crippen LogP contribution in [0.15, 0.2) is 65.6 Å². The summed E-state index contributed by atoms with van der Waals surface area (Å²) in [7, 11) is -4.10. The Morgan fingerprint density at radius 2 is 1.91 bits per heavy atom. The van der Waals surface area contributed by atoms with Crippen molar-refractivity contribution >= 4 is 33.2 Å². The zero-order valence-electron chi connectivity index (χ0n) is 17.1. The third-order valence-corrected chi connectivity index (χ3v) is 6.87. The quantitative estimate of drug-likeness (QED) is 0.554. The molecule has 0 fully saturated rings. The van der Waals surface area contributed by atoms with Crippen LogP contribution in [0.4, 0.5) is 10.1 Å². The summed E-state index contributed by atoms with van der Waals surface area (Å²) in [6.07, 6.45) is 0.547. The van der Waals surface area contributed by atoms with Crippen LogP contribution in [0.5, 0.6) is 5.75 Å². The number of anilines is 1. The molecule has 3 aromatic carbocycles. The number of aryl methyl sites for hydroxylation is 1. The van der Waals surface area contributed by atoms with Crippen LogP contribution in [0.1, 0.15) is 33.9 Å². The number of hydrogen-bond donors (Lipinski definition) is 2. The Bertz CT molecular complexity index is 1300. The van der Waals surface area contributed by atoms with E-state index >= 15 is 0 Å². The maximum atomic E-state index is 13.9. The van der Waals surface area contributed by atoms with Gasteiger partial charge in [-0.15, -0.1) is 0 Å². The molecule has 1 atom stereocenters. The lowest BCUT2D eigenvalue weighted by Gasteiger charge is -2.27. The lowest BCUT2D eigenvalue weighted by atomic mass is 9.99. The number of fused-ring (bicyclic) bond motifs is 1. The molecular weight excluding hydrogens is 455 g/mol. The zero-order chi connectivity index (χ0) is 22.9. The zero-order valence-corrected chi connectivity index (χ0v) is 18.6. The molecular formula is C23H20ClFN2O4S. The summed E-state index contributed by atoms with van der Waals surface area (Å²) in [5, 5.41) is 3.41. The van der Waals surface area contributed by atoms with Crippen molar-refractivity contribution < 1.29 is 22.3 Å². The van der Waals surface area contributed by atoms with Crippen molar-refractivity contribution in [2.24, 2.45) is 0 Å². The fraction of sp³-hybridized carbons (Fsp3) is 0.174. The van der Waals surface area contributed by atoms with Crippen LogP contribution in [0.3, 0.4) is 0 Å². The maximum Gasteiger partial charge on any atom is 0.262 e. The number of hydrogen-bond acceptors (Lipinski definition) is 4. The van der Waals surface area contributed by atoms with Crippen molar-refractivity contribution in [1.82, 2.24) is 5.32 Å². The average Bonchev–Trinajstić information content (AvgIpc) is 2.76. The number of nitrogens with one attached hydrogen (secondary N) is 2. The molecule has 32 heavy (non-hydrogen) atoms. The number of para-hydroxylation sites is 2. The molecule has 0 radical (unpaired) electrons. The lowest BCUT2D eigenvalue weighted by molar-refractivity contribution is 0.0924. The third kappa shape index (κ3) is 4.42. The minimum atomic E-state index is -4.10.